The molecule has 1 unspecified atom stereocenters. The predicted octanol–water partition coefficient (Wildman–Crippen LogP) is 1.68. The summed E-state index contributed by atoms with van der Waals surface area (Å²) in [6.45, 7) is 0. The summed E-state index contributed by atoms with van der Waals surface area (Å²) in [5.74, 6) is 0. The van der Waals surface area contributed by atoms with Crippen LogP contribution < -0.4 is 0 Å². The van der Waals surface area contributed by atoms with Crippen LogP contribution in [0.3, 0.4) is 0 Å². The smallest absolute Gasteiger partial charge is 0.301 e. The van der Waals surface area contributed by atoms with E-state index in [1.165, 1.54) is 0 Å². The number of nitrogens with zero attached hydrogens (tertiary/aromatic N) is 1. The van der Waals surface area contributed by atoms with E-state index in [0.29, 0.717) is 6.07 Å². The second-order valence-electron chi connectivity index (χ2n) is 2.10. The average molecular weight is 211 g/mol. The Kier molecular flexibility index (Phi) is 2.67. The Hall–Kier alpha value is -0.950. The molecule has 0 radical (unpaired) electrons. The van der Waals surface area contributed by atoms with Crippen molar-refractivity contribution in [2.45, 2.75) is 11.2 Å². The molecule has 0 aliphatic rings. The SMILES string of the molecule is O=S(O)c1ncccc1C(F)(F)F. The number of rotatable bonds is 1. The monoisotopic (exact) mass is 211 g/mol. The van der Waals surface area contributed by atoms with Crippen molar-refractivity contribution in [3.63, 3.8) is 0 Å². The second kappa shape index (κ2) is 3.43. The number of halogens is 3. The molecule has 0 saturated heterocycles. The quantitative estimate of drug-likeness (QED) is 0.719. The van der Waals surface area contributed by atoms with Gasteiger partial charge >= 0.3 is 6.18 Å². The summed E-state index contributed by atoms with van der Waals surface area (Å²) in [5, 5.41) is -0.866. The first kappa shape index (κ1) is 10.1. The zero-order chi connectivity index (χ0) is 10.1. The van der Waals surface area contributed by atoms with E-state index in [2.05, 4.69) is 4.98 Å². The first-order valence-electron chi connectivity index (χ1n) is 3.06. The largest absolute Gasteiger partial charge is 0.419 e. The molecule has 1 atom stereocenters. The van der Waals surface area contributed by atoms with Crippen molar-refractivity contribution in [2.75, 3.05) is 0 Å². The molecule has 0 fully saturated rings. The summed E-state index contributed by atoms with van der Waals surface area (Å²) < 4.78 is 55.3. The second-order valence-corrected chi connectivity index (χ2v) is 2.99. The van der Waals surface area contributed by atoms with Crippen LogP contribution in [0, 0.1) is 0 Å². The maximum Gasteiger partial charge on any atom is 0.419 e. The number of aromatic nitrogens is 1. The van der Waals surface area contributed by atoms with Gasteiger partial charge in [0.2, 0.25) is 11.1 Å². The third-order valence-electron chi connectivity index (χ3n) is 1.24. The van der Waals surface area contributed by atoms with E-state index >= 15 is 0 Å². The molecule has 1 aromatic rings. The minimum absolute atomic E-state index is 0.705. The van der Waals surface area contributed by atoms with Crippen molar-refractivity contribution in [1.82, 2.24) is 4.98 Å². The minimum atomic E-state index is -4.65. The minimum Gasteiger partial charge on any atom is -0.301 e. The first-order valence-corrected chi connectivity index (χ1v) is 4.16. The maximum atomic E-state index is 12.1. The van der Waals surface area contributed by atoms with E-state index in [0.717, 1.165) is 12.3 Å². The molecule has 0 aliphatic heterocycles. The van der Waals surface area contributed by atoms with Crippen LogP contribution in [0.1, 0.15) is 5.56 Å². The fourth-order valence-electron chi connectivity index (χ4n) is 0.746. The zero-order valence-corrected chi connectivity index (χ0v) is 6.89. The number of alkyl halides is 3. The van der Waals surface area contributed by atoms with Gasteiger partial charge in [-0.05, 0) is 12.1 Å². The molecule has 1 heterocycles. The van der Waals surface area contributed by atoms with Crippen molar-refractivity contribution < 1.29 is 21.9 Å². The van der Waals surface area contributed by atoms with Crippen LogP contribution in [-0.2, 0) is 17.3 Å². The van der Waals surface area contributed by atoms with Crippen molar-refractivity contribution in [3.8, 4) is 0 Å². The average Bonchev–Trinajstić information content (AvgIpc) is 2.03. The van der Waals surface area contributed by atoms with Gasteiger partial charge in [-0.3, -0.25) is 0 Å². The normalized spacial score (nSPS) is 14.2. The van der Waals surface area contributed by atoms with Crippen LogP contribution >= 0.6 is 0 Å². The fourth-order valence-corrected chi connectivity index (χ4v) is 1.27. The van der Waals surface area contributed by atoms with Gasteiger partial charge in [-0.1, -0.05) is 0 Å². The van der Waals surface area contributed by atoms with Crippen molar-refractivity contribution >= 4 is 11.1 Å². The molecule has 7 heteroatoms. The lowest BCUT2D eigenvalue weighted by atomic mass is 10.3. The van der Waals surface area contributed by atoms with Crippen molar-refractivity contribution in [2.24, 2.45) is 0 Å². The third-order valence-corrected chi connectivity index (χ3v) is 1.90. The first-order chi connectivity index (χ1) is 5.93. The summed E-state index contributed by atoms with van der Waals surface area (Å²) >= 11 is -2.72. The highest BCUT2D eigenvalue weighted by molar-refractivity contribution is 7.79. The van der Waals surface area contributed by atoms with Crippen molar-refractivity contribution in [1.29, 1.82) is 0 Å². The van der Waals surface area contributed by atoms with Crippen LogP contribution in [-0.4, -0.2) is 13.7 Å². The Bertz CT molecular complexity index is 339. The number of hydrogen-bond acceptors (Lipinski definition) is 2. The molecule has 0 amide bonds. The summed E-state index contributed by atoms with van der Waals surface area (Å²) in [6.07, 6.45) is -3.62. The highest BCUT2D eigenvalue weighted by Gasteiger charge is 2.35. The standard InChI is InChI=1S/C6H4F3NO2S/c7-6(8,9)4-2-1-3-10-5(4)13(11)12/h1-3H,(H,11,12). The Morgan fingerprint density at radius 3 is 2.46 bits per heavy atom. The number of hydrogen-bond donors (Lipinski definition) is 1. The van der Waals surface area contributed by atoms with Crippen LogP contribution in [0.15, 0.2) is 23.4 Å². The van der Waals surface area contributed by atoms with Gasteiger partial charge in [-0.2, -0.15) is 13.2 Å². The van der Waals surface area contributed by atoms with Crippen LogP contribution in [0.2, 0.25) is 0 Å². The van der Waals surface area contributed by atoms with E-state index in [4.69, 9.17) is 4.55 Å². The van der Waals surface area contributed by atoms with E-state index in [1.54, 1.807) is 0 Å². The summed E-state index contributed by atoms with van der Waals surface area (Å²) in [7, 11) is 0. The molecule has 1 aromatic heterocycles. The summed E-state index contributed by atoms with van der Waals surface area (Å²) in [4.78, 5) is 3.17. The highest BCUT2D eigenvalue weighted by atomic mass is 32.2. The Morgan fingerprint density at radius 1 is 1.46 bits per heavy atom. The maximum absolute atomic E-state index is 12.1. The number of pyridine rings is 1. The lowest BCUT2D eigenvalue weighted by Gasteiger charge is -2.07. The van der Waals surface area contributed by atoms with Gasteiger partial charge in [-0.25, -0.2) is 9.19 Å². The topological polar surface area (TPSA) is 50.2 Å². The van der Waals surface area contributed by atoms with Gasteiger partial charge < -0.3 is 4.55 Å². The molecular weight excluding hydrogens is 207 g/mol. The molecule has 0 aliphatic carbocycles. The Labute approximate surface area is 73.9 Å². The highest BCUT2D eigenvalue weighted by Crippen LogP contribution is 2.31. The van der Waals surface area contributed by atoms with Gasteiger partial charge in [0, 0.05) is 6.20 Å². The van der Waals surface area contributed by atoms with E-state index in [-0.39, 0.29) is 0 Å². The lowest BCUT2D eigenvalue weighted by molar-refractivity contribution is -0.140. The van der Waals surface area contributed by atoms with E-state index < -0.39 is 27.8 Å². The van der Waals surface area contributed by atoms with Gasteiger partial charge in [0.25, 0.3) is 0 Å². The Balaban J connectivity index is 3.28. The van der Waals surface area contributed by atoms with E-state index in [9.17, 15) is 17.4 Å². The van der Waals surface area contributed by atoms with Gasteiger partial charge in [0.1, 0.15) is 0 Å². The molecule has 1 N–H and O–H groups in total. The molecule has 0 spiro atoms. The van der Waals surface area contributed by atoms with Gasteiger partial charge in [0.15, 0.2) is 5.03 Å². The van der Waals surface area contributed by atoms with E-state index in [1.807, 2.05) is 0 Å². The summed E-state index contributed by atoms with van der Waals surface area (Å²) in [5.41, 5.74) is -1.18. The molecule has 0 bridgehead atoms. The van der Waals surface area contributed by atoms with Gasteiger partial charge in [0.05, 0.1) is 5.56 Å². The Morgan fingerprint density at radius 2 is 2.08 bits per heavy atom. The molecule has 1 rings (SSSR count). The molecule has 0 aromatic carbocycles. The van der Waals surface area contributed by atoms with Crippen LogP contribution in [0.5, 0.6) is 0 Å². The fraction of sp³-hybridized carbons (Fsp3) is 0.167. The third kappa shape index (κ3) is 2.25. The molecule has 13 heavy (non-hydrogen) atoms. The van der Waals surface area contributed by atoms with Gasteiger partial charge in [-0.15, -0.1) is 0 Å². The zero-order valence-electron chi connectivity index (χ0n) is 6.08. The lowest BCUT2D eigenvalue weighted by Crippen LogP contribution is -2.11. The summed E-state index contributed by atoms with van der Waals surface area (Å²) in [6, 6.07) is 1.76. The molecule has 72 valence electrons. The predicted molar refractivity (Wildman–Crippen MR) is 38.3 cm³/mol. The van der Waals surface area contributed by atoms with Crippen LogP contribution in [0.25, 0.3) is 0 Å². The molecule has 3 nitrogen and oxygen atoms in total. The van der Waals surface area contributed by atoms with Crippen LogP contribution in [0.4, 0.5) is 13.2 Å². The molecule has 0 saturated carbocycles. The molecular formula is C6H4F3NO2S. The van der Waals surface area contributed by atoms with Crippen molar-refractivity contribution in [3.05, 3.63) is 23.9 Å².